The normalized spacial score (nSPS) is 20.0. The zero-order chi connectivity index (χ0) is 19.7. The van der Waals surface area contributed by atoms with E-state index >= 15 is 0 Å². The van der Waals surface area contributed by atoms with Crippen molar-refractivity contribution in [2.45, 2.75) is 38.6 Å². The molecule has 0 fully saturated rings. The van der Waals surface area contributed by atoms with Crippen molar-refractivity contribution < 1.29 is 4.79 Å². The van der Waals surface area contributed by atoms with Crippen LogP contribution in [0.1, 0.15) is 37.1 Å². The maximum absolute atomic E-state index is 13.9. The van der Waals surface area contributed by atoms with Crippen LogP contribution in [0.3, 0.4) is 0 Å². The minimum atomic E-state index is -0.622. The van der Waals surface area contributed by atoms with Crippen molar-refractivity contribution in [1.82, 2.24) is 9.47 Å². The summed E-state index contributed by atoms with van der Waals surface area (Å²) in [5.41, 5.74) is 4.25. The van der Waals surface area contributed by atoms with E-state index in [9.17, 15) is 4.79 Å². The number of hydrogen-bond acceptors (Lipinski definition) is 1. The van der Waals surface area contributed by atoms with Gasteiger partial charge in [0.1, 0.15) is 5.41 Å². The summed E-state index contributed by atoms with van der Waals surface area (Å²) in [4.78, 5) is 16.0. The minimum absolute atomic E-state index is 0.210. The predicted octanol–water partition coefficient (Wildman–Crippen LogP) is 4.99. The highest BCUT2D eigenvalue weighted by molar-refractivity contribution is 5.95. The fourth-order valence-corrected chi connectivity index (χ4v) is 4.85. The van der Waals surface area contributed by atoms with Crippen molar-refractivity contribution in [3.8, 4) is 0 Å². The zero-order valence-corrected chi connectivity index (χ0v) is 17.0. The van der Waals surface area contributed by atoms with E-state index in [0.717, 1.165) is 25.1 Å². The average Bonchev–Trinajstić information content (AvgIpc) is 2.95. The van der Waals surface area contributed by atoms with Gasteiger partial charge in [0.15, 0.2) is 0 Å². The van der Waals surface area contributed by atoms with Crippen LogP contribution in [0.4, 0.5) is 0 Å². The lowest BCUT2D eigenvalue weighted by Gasteiger charge is -2.33. The van der Waals surface area contributed by atoms with Crippen LogP contribution in [-0.2, 0) is 30.2 Å². The summed E-state index contributed by atoms with van der Waals surface area (Å²) >= 11 is 0. The third-order valence-electron chi connectivity index (χ3n) is 6.16. The predicted molar refractivity (Wildman–Crippen MR) is 115 cm³/mol. The Hall–Kier alpha value is -2.81. The molecule has 1 aliphatic rings. The van der Waals surface area contributed by atoms with E-state index < -0.39 is 5.41 Å². The van der Waals surface area contributed by atoms with Crippen molar-refractivity contribution in [1.29, 1.82) is 0 Å². The minimum Gasteiger partial charge on any atom is -0.346 e. The number of hydrogen-bond donors (Lipinski definition) is 0. The fraction of sp³-hybridized carbons (Fsp3) is 0.320. The Labute approximate surface area is 167 Å². The van der Waals surface area contributed by atoms with E-state index in [-0.39, 0.29) is 5.91 Å². The number of carbonyl (C=O) groups excluding carboxylic acids is 1. The molecule has 4 rings (SSSR count). The summed E-state index contributed by atoms with van der Waals surface area (Å²) in [5, 5.41) is 1.27. The Morgan fingerprint density at radius 3 is 2.50 bits per heavy atom. The molecule has 0 bridgehead atoms. The molecule has 3 heteroatoms. The second-order valence-corrected chi connectivity index (χ2v) is 7.69. The first kappa shape index (κ1) is 18.5. The molecule has 3 aromatic rings. The Balaban J connectivity index is 1.89. The lowest BCUT2D eigenvalue weighted by molar-refractivity contribution is -0.136. The van der Waals surface area contributed by atoms with Crippen LogP contribution in [0.5, 0.6) is 0 Å². The van der Waals surface area contributed by atoms with Gasteiger partial charge in [-0.25, -0.2) is 0 Å². The molecule has 2 heterocycles. The van der Waals surface area contributed by atoms with Crippen molar-refractivity contribution in [2.24, 2.45) is 7.05 Å². The summed E-state index contributed by atoms with van der Waals surface area (Å²) in [6.45, 7) is 5.55. The van der Waals surface area contributed by atoms with Gasteiger partial charge < -0.3 is 9.47 Å². The number of nitrogens with zero attached hydrogens (tertiary/aromatic N) is 2. The Morgan fingerprint density at radius 1 is 1.07 bits per heavy atom. The molecule has 0 saturated heterocycles. The summed E-state index contributed by atoms with van der Waals surface area (Å²) in [6.07, 6.45) is 5.79. The number of benzene rings is 2. The number of aryl methyl sites for hydroxylation is 1. The standard InChI is InChI=1S/C25H28N2O/c1-4-16-25(5-2)23-21(20-13-9-10-14-22(20)26(23)3)15-17-27(24(25)28)18-19-11-7-6-8-12-19/h4,6-14,16H,5,15,17-18H2,1-3H3/b16-4+. The molecule has 1 unspecified atom stereocenters. The summed E-state index contributed by atoms with van der Waals surface area (Å²) in [7, 11) is 2.11. The number of para-hydroxylation sites is 1. The highest BCUT2D eigenvalue weighted by Crippen LogP contribution is 2.41. The third kappa shape index (κ3) is 2.77. The Kier molecular flexibility index (Phi) is 4.84. The van der Waals surface area contributed by atoms with Crippen LogP contribution in [0.25, 0.3) is 10.9 Å². The van der Waals surface area contributed by atoms with Gasteiger partial charge in [-0.15, -0.1) is 0 Å². The first-order valence-electron chi connectivity index (χ1n) is 10.2. The van der Waals surface area contributed by atoms with Crippen LogP contribution in [-0.4, -0.2) is 21.9 Å². The molecule has 0 saturated carbocycles. The van der Waals surface area contributed by atoms with Gasteiger partial charge in [0.25, 0.3) is 0 Å². The van der Waals surface area contributed by atoms with E-state index in [1.165, 1.54) is 22.0 Å². The smallest absolute Gasteiger partial charge is 0.238 e. The zero-order valence-electron chi connectivity index (χ0n) is 17.0. The highest BCUT2D eigenvalue weighted by atomic mass is 16.2. The van der Waals surface area contributed by atoms with Gasteiger partial charge in [-0.2, -0.15) is 0 Å². The molecule has 3 nitrogen and oxygen atoms in total. The summed E-state index contributed by atoms with van der Waals surface area (Å²) in [5.74, 6) is 0.210. The van der Waals surface area contributed by atoms with Gasteiger partial charge in [-0.05, 0) is 37.0 Å². The topological polar surface area (TPSA) is 25.2 Å². The van der Waals surface area contributed by atoms with Gasteiger partial charge in [0.05, 0.1) is 0 Å². The molecule has 2 aromatic carbocycles. The molecule has 1 aliphatic heterocycles. The van der Waals surface area contributed by atoms with Gasteiger partial charge in [-0.3, -0.25) is 4.79 Å². The molecule has 28 heavy (non-hydrogen) atoms. The fourth-order valence-electron chi connectivity index (χ4n) is 4.85. The second kappa shape index (κ2) is 7.31. The maximum Gasteiger partial charge on any atom is 0.238 e. The van der Waals surface area contributed by atoms with Crippen LogP contribution < -0.4 is 0 Å². The van der Waals surface area contributed by atoms with Gasteiger partial charge >= 0.3 is 0 Å². The number of aromatic nitrogens is 1. The molecular weight excluding hydrogens is 344 g/mol. The number of rotatable bonds is 4. The molecule has 1 amide bonds. The first-order valence-corrected chi connectivity index (χ1v) is 10.2. The number of amides is 1. The van der Waals surface area contributed by atoms with Crippen LogP contribution >= 0.6 is 0 Å². The molecule has 0 aliphatic carbocycles. The van der Waals surface area contributed by atoms with E-state index in [0.29, 0.717) is 6.54 Å². The molecule has 1 aromatic heterocycles. The highest BCUT2D eigenvalue weighted by Gasteiger charge is 2.45. The lowest BCUT2D eigenvalue weighted by atomic mass is 9.78. The second-order valence-electron chi connectivity index (χ2n) is 7.69. The molecule has 0 spiro atoms. The molecule has 144 valence electrons. The largest absolute Gasteiger partial charge is 0.346 e. The number of carbonyl (C=O) groups is 1. The summed E-state index contributed by atoms with van der Waals surface area (Å²) in [6, 6.07) is 18.8. The molecular formula is C25H28N2O. The number of allylic oxidation sites excluding steroid dienone is 1. The molecule has 0 N–H and O–H groups in total. The number of fused-ring (bicyclic) bond motifs is 3. The molecule has 1 atom stereocenters. The van der Waals surface area contributed by atoms with Crippen LogP contribution in [0.15, 0.2) is 66.7 Å². The van der Waals surface area contributed by atoms with E-state index in [1.807, 2.05) is 36.1 Å². The van der Waals surface area contributed by atoms with E-state index in [4.69, 9.17) is 0 Å². The van der Waals surface area contributed by atoms with Crippen molar-refractivity contribution in [3.63, 3.8) is 0 Å². The monoisotopic (exact) mass is 372 g/mol. The molecule has 0 radical (unpaired) electrons. The maximum atomic E-state index is 13.9. The average molecular weight is 373 g/mol. The van der Waals surface area contributed by atoms with Crippen LogP contribution in [0, 0.1) is 0 Å². The van der Waals surface area contributed by atoms with Crippen molar-refractivity contribution >= 4 is 16.8 Å². The first-order chi connectivity index (χ1) is 13.6. The van der Waals surface area contributed by atoms with Gasteiger partial charge in [0, 0.05) is 36.7 Å². The van der Waals surface area contributed by atoms with E-state index in [1.54, 1.807) is 0 Å². The summed E-state index contributed by atoms with van der Waals surface area (Å²) < 4.78 is 2.25. The van der Waals surface area contributed by atoms with Crippen molar-refractivity contribution in [3.05, 3.63) is 83.6 Å². The van der Waals surface area contributed by atoms with Crippen LogP contribution in [0.2, 0.25) is 0 Å². The quantitative estimate of drug-likeness (QED) is 0.593. The van der Waals surface area contributed by atoms with E-state index in [2.05, 4.69) is 61.0 Å². The SMILES string of the molecule is C/C=C/C1(CC)C(=O)N(Cc2ccccc2)CCc2c1n(C)c1ccccc21. The Bertz CT molecular complexity index is 1030. The van der Waals surface area contributed by atoms with Gasteiger partial charge in [-0.1, -0.05) is 67.6 Å². The lowest BCUT2D eigenvalue weighted by Crippen LogP contribution is -2.45. The van der Waals surface area contributed by atoms with Gasteiger partial charge in [0.2, 0.25) is 5.91 Å². The third-order valence-corrected chi connectivity index (χ3v) is 6.16. The van der Waals surface area contributed by atoms with Crippen molar-refractivity contribution in [2.75, 3.05) is 6.54 Å². The Morgan fingerprint density at radius 2 is 1.79 bits per heavy atom.